The van der Waals surface area contributed by atoms with Crippen LogP contribution in [0.25, 0.3) is 0 Å². The second-order valence-electron chi connectivity index (χ2n) is 6.67. The number of halogens is 1. The molecule has 1 aliphatic carbocycles. The Kier molecular flexibility index (Phi) is 3.79. The number of aliphatic carboxylic acids is 1. The van der Waals surface area contributed by atoms with E-state index in [1.54, 1.807) is 24.3 Å². The Morgan fingerprint density at radius 2 is 1.62 bits per heavy atom. The number of carbonyl (C=O) groups excluding carboxylic acids is 1. The molecule has 5 heteroatoms. The van der Waals surface area contributed by atoms with Crippen LogP contribution in [0.4, 0.5) is 5.69 Å². The smallest absolute Gasteiger partial charge is 0.323 e. The lowest BCUT2D eigenvalue weighted by molar-refractivity contribution is -0.137. The van der Waals surface area contributed by atoms with Gasteiger partial charge in [0.1, 0.15) is 6.54 Å². The number of anilines is 1. The predicted octanol–water partition coefficient (Wildman–Crippen LogP) is 3.44. The number of nitrogens with zero attached hydrogens (tertiary/aromatic N) is 1. The molecule has 1 saturated carbocycles. The second-order valence-corrected chi connectivity index (χ2v) is 7.11. The Bertz CT molecular complexity index is 564. The minimum absolute atomic E-state index is 0.132. The lowest BCUT2D eigenvalue weighted by Gasteiger charge is -2.22. The molecule has 0 spiro atoms. The maximum atomic E-state index is 12.8. The zero-order chi connectivity index (χ0) is 16.0. The molecule has 0 atom stereocenters. The molecular formula is C16H20ClNO3. The van der Waals surface area contributed by atoms with Gasteiger partial charge in [0.25, 0.3) is 0 Å². The zero-order valence-corrected chi connectivity index (χ0v) is 13.4. The van der Waals surface area contributed by atoms with Crippen LogP contribution in [0.1, 0.15) is 27.7 Å². The first-order valence-electron chi connectivity index (χ1n) is 6.88. The first-order valence-corrected chi connectivity index (χ1v) is 7.25. The van der Waals surface area contributed by atoms with Crippen LogP contribution in [0.3, 0.4) is 0 Å². The maximum Gasteiger partial charge on any atom is 0.323 e. The normalized spacial score (nSPS) is 19.1. The quantitative estimate of drug-likeness (QED) is 0.927. The zero-order valence-electron chi connectivity index (χ0n) is 12.7. The number of carboxylic acids is 1. The summed E-state index contributed by atoms with van der Waals surface area (Å²) in [6.45, 7) is 7.81. The molecule has 0 aromatic heterocycles. The highest BCUT2D eigenvalue weighted by atomic mass is 35.5. The van der Waals surface area contributed by atoms with Gasteiger partial charge in [-0.05, 0) is 35.1 Å². The third kappa shape index (κ3) is 2.64. The molecule has 0 radical (unpaired) electrons. The van der Waals surface area contributed by atoms with Crippen molar-refractivity contribution in [2.75, 3.05) is 11.4 Å². The van der Waals surface area contributed by atoms with E-state index in [1.807, 2.05) is 27.7 Å². The van der Waals surface area contributed by atoms with Gasteiger partial charge in [-0.3, -0.25) is 9.59 Å². The van der Waals surface area contributed by atoms with Gasteiger partial charge in [0.2, 0.25) is 5.91 Å². The van der Waals surface area contributed by atoms with Crippen LogP contribution in [0.15, 0.2) is 24.3 Å². The molecule has 1 amide bonds. The summed E-state index contributed by atoms with van der Waals surface area (Å²) < 4.78 is 0. The van der Waals surface area contributed by atoms with E-state index in [1.165, 1.54) is 4.90 Å². The van der Waals surface area contributed by atoms with Crippen molar-refractivity contribution < 1.29 is 14.7 Å². The largest absolute Gasteiger partial charge is 0.480 e. The predicted molar refractivity (Wildman–Crippen MR) is 82.5 cm³/mol. The van der Waals surface area contributed by atoms with Crippen LogP contribution in [0.2, 0.25) is 5.02 Å². The highest BCUT2D eigenvalue weighted by molar-refractivity contribution is 6.30. The average molecular weight is 310 g/mol. The number of benzene rings is 1. The van der Waals surface area contributed by atoms with Gasteiger partial charge >= 0.3 is 5.97 Å². The molecule has 1 aromatic rings. The van der Waals surface area contributed by atoms with Crippen molar-refractivity contribution >= 4 is 29.2 Å². The summed E-state index contributed by atoms with van der Waals surface area (Å²) in [6, 6.07) is 6.65. The molecule has 0 aliphatic heterocycles. The molecule has 1 aliphatic rings. The standard InChI is InChI=1S/C16H20ClNO3/c1-15(2)13(16(15,3)4)14(21)18(9-12(19)20)11-7-5-10(17)6-8-11/h5-8,13H,9H2,1-4H3,(H,19,20). The van der Waals surface area contributed by atoms with Crippen LogP contribution in [-0.2, 0) is 9.59 Å². The fourth-order valence-electron chi connectivity index (χ4n) is 3.02. The van der Waals surface area contributed by atoms with Crippen molar-refractivity contribution in [2.24, 2.45) is 16.7 Å². The van der Waals surface area contributed by atoms with Crippen molar-refractivity contribution in [1.29, 1.82) is 0 Å². The van der Waals surface area contributed by atoms with E-state index in [0.29, 0.717) is 10.7 Å². The molecular weight excluding hydrogens is 290 g/mol. The van der Waals surface area contributed by atoms with E-state index in [0.717, 1.165) is 0 Å². The van der Waals surface area contributed by atoms with Gasteiger partial charge in [-0.25, -0.2) is 0 Å². The Balaban J connectivity index is 2.31. The number of hydrogen-bond donors (Lipinski definition) is 1. The molecule has 0 heterocycles. The van der Waals surface area contributed by atoms with Crippen molar-refractivity contribution in [2.45, 2.75) is 27.7 Å². The number of amides is 1. The highest BCUT2D eigenvalue weighted by Crippen LogP contribution is 2.68. The van der Waals surface area contributed by atoms with Crippen LogP contribution in [0, 0.1) is 16.7 Å². The van der Waals surface area contributed by atoms with Gasteiger partial charge in [0.15, 0.2) is 0 Å². The molecule has 0 bridgehead atoms. The summed E-state index contributed by atoms with van der Waals surface area (Å²) in [5.41, 5.74) is 0.297. The first kappa shape index (κ1) is 15.8. The second kappa shape index (κ2) is 5.02. The van der Waals surface area contributed by atoms with E-state index < -0.39 is 5.97 Å². The fourth-order valence-corrected chi connectivity index (χ4v) is 3.15. The van der Waals surface area contributed by atoms with Gasteiger partial charge in [-0.2, -0.15) is 0 Å². The van der Waals surface area contributed by atoms with E-state index in [9.17, 15) is 9.59 Å². The SMILES string of the molecule is CC1(C)C(C(=O)N(CC(=O)O)c2ccc(Cl)cc2)C1(C)C. The maximum absolute atomic E-state index is 12.8. The third-order valence-corrected chi connectivity index (χ3v) is 5.22. The lowest BCUT2D eigenvalue weighted by atomic mass is 10.0. The molecule has 4 nitrogen and oxygen atoms in total. The van der Waals surface area contributed by atoms with Crippen LogP contribution >= 0.6 is 11.6 Å². The van der Waals surface area contributed by atoms with Gasteiger partial charge < -0.3 is 10.0 Å². The number of hydrogen-bond acceptors (Lipinski definition) is 2. The van der Waals surface area contributed by atoms with E-state index in [4.69, 9.17) is 16.7 Å². The fraction of sp³-hybridized carbons (Fsp3) is 0.500. The summed E-state index contributed by atoms with van der Waals surface area (Å²) >= 11 is 5.85. The average Bonchev–Trinajstić information content (AvgIpc) is 2.77. The van der Waals surface area contributed by atoms with Crippen molar-refractivity contribution in [3.8, 4) is 0 Å². The Hall–Kier alpha value is -1.55. The van der Waals surface area contributed by atoms with Gasteiger partial charge in [0, 0.05) is 16.6 Å². The lowest BCUT2D eigenvalue weighted by Crippen LogP contribution is -2.38. The number of carboxylic acid groups (broad SMARTS) is 1. The van der Waals surface area contributed by atoms with Crippen molar-refractivity contribution in [3.63, 3.8) is 0 Å². The molecule has 1 aromatic carbocycles. The molecule has 1 N–H and O–H groups in total. The molecule has 0 unspecified atom stereocenters. The molecule has 114 valence electrons. The first-order chi connectivity index (χ1) is 9.59. The Morgan fingerprint density at radius 3 is 2.00 bits per heavy atom. The summed E-state index contributed by atoms with van der Waals surface area (Å²) in [4.78, 5) is 25.2. The highest BCUT2D eigenvalue weighted by Gasteiger charge is 2.69. The molecule has 21 heavy (non-hydrogen) atoms. The molecule has 1 fully saturated rings. The number of rotatable bonds is 4. The van der Waals surface area contributed by atoms with E-state index in [2.05, 4.69) is 0 Å². The van der Waals surface area contributed by atoms with Gasteiger partial charge in [0.05, 0.1) is 0 Å². The molecule has 2 rings (SSSR count). The summed E-state index contributed by atoms with van der Waals surface area (Å²) in [6.07, 6.45) is 0. The van der Waals surface area contributed by atoms with Gasteiger partial charge in [-0.15, -0.1) is 0 Å². The van der Waals surface area contributed by atoms with Crippen LogP contribution in [-0.4, -0.2) is 23.5 Å². The topological polar surface area (TPSA) is 57.6 Å². The van der Waals surface area contributed by atoms with E-state index in [-0.39, 0.29) is 29.2 Å². The minimum atomic E-state index is -1.03. The van der Waals surface area contributed by atoms with E-state index >= 15 is 0 Å². The van der Waals surface area contributed by atoms with Crippen LogP contribution in [0.5, 0.6) is 0 Å². The number of carbonyl (C=O) groups is 2. The van der Waals surface area contributed by atoms with Crippen molar-refractivity contribution in [3.05, 3.63) is 29.3 Å². The minimum Gasteiger partial charge on any atom is -0.480 e. The molecule has 0 saturated heterocycles. The van der Waals surface area contributed by atoms with Crippen molar-refractivity contribution in [1.82, 2.24) is 0 Å². The van der Waals surface area contributed by atoms with Gasteiger partial charge in [-0.1, -0.05) is 39.3 Å². The monoisotopic (exact) mass is 309 g/mol. The van der Waals surface area contributed by atoms with Crippen LogP contribution < -0.4 is 4.90 Å². The summed E-state index contributed by atoms with van der Waals surface area (Å²) in [5, 5.41) is 9.64. The third-order valence-electron chi connectivity index (χ3n) is 4.97. The Labute approximate surface area is 129 Å². The summed E-state index contributed by atoms with van der Waals surface area (Å²) in [5.74, 6) is -1.36. The summed E-state index contributed by atoms with van der Waals surface area (Å²) in [7, 11) is 0. The Morgan fingerprint density at radius 1 is 1.14 bits per heavy atom.